The second-order valence-corrected chi connectivity index (χ2v) is 7.74. The molecule has 2 aliphatic rings. The van der Waals surface area contributed by atoms with Gasteiger partial charge in [-0.25, -0.2) is 4.98 Å². The Balaban J connectivity index is 0.00000131. The lowest BCUT2D eigenvalue weighted by Gasteiger charge is -2.34. The van der Waals surface area contributed by atoms with Crippen LogP contribution in [0.1, 0.15) is 50.9 Å². The zero-order chi connectivity index (χ0) is 17.4. The molecule has 2 atom stereocenters. The number of carbonyl (C=O) groups excluding carboxylic acids is 1. The van der Waals surface area contributed by atoms with Gasteiger partial charge in [-0.15, -0.1) is 24.8 Å². The van der Waals surface area contributed by atoms with Crippen LogP contribution >= 0.6 is 24.8 Å². The van der Waals surface area contributed by atoms with Gasteiger partial charge in [0.25, 0.3) is 0 Å². The van der Waals surface area contributed by atoms with Crippen molar-refractivity contribution >= 4 is 41.8 Å². The van der Waals surface area contributed by atoms with Crippen LogP contribution in [0.15, 0.2) is 24.3 Å². The molecule has 5 nitrogen and oxygen atoms in total. The van der Waals surface area contributed by atoms with E-state index in [0.29, 0.717) is 17.9 Å². The molecule has 150 valence electrons. The van der Waals surface area contributed by atoms with E-state index in [0.717, 1.165) is 56.8 Å². The van der Waals surface area contributed by atoms with E-state index in [4.69, 9.17) is 4.98 Å². The van der Waals surface area contributed by atoms with E-state index in [9.17, 15) is 4.79 Å². The number of benzene rings is 1. The summed E-state index contributed by atoms with van der Waals surface area (Å²) in [5.74, 6) is 1.99. The number of piperidine rings is 1. The van der Waals surface area contributed by atoms with Crippen molar-refractivity contribution in [1.82, 2.24) is 19.8 Å². The normalized spacial score (nSPS) is 22.6. The Morgan fingerprint density at radius 2 is 2.00 bits per heavy atom. The first-order valence-corrected chi connectivity index (χ1v) is 9.61. The molecule has 7 heteroatoms. The summed E-state index contributed by atoms with van der Waals surface area (Å²) in [6.45, 7) is 7.95. The second kappa shape index (κ2) is 9.26. The smallest absolute Gasteiger partial charge is 0.227 e. The van der Waals surface area contributed by atoms with Crippen molar-refractivity contribution in [2.24, 2.45) is 5.92 Å². The summed E-state index contributed by atoms with van der Waals surface area (Å²) in [6.07, 6.45) is 3.16. The highest BCUT2D eigenvalue weighted by Gasteiger charge is 2.33. The highest BCUT2D eigenvalue weighted by Crippen LogP contribution is 2.32. The average Bonchev–Trinajstić information content (AvgIpc) is 3.28. The largest absolute Gasteiger partial charge is 0.342 e. The molecule has 0 radical (unpaired) electrons. The fourth-order valence-electron chi connectivity index (χ4n) is 4.41. The molecule has 2 aromatic rings. The van der Waals surface area contributed by atoms with Crippen molar-refractivity contribution in [2.45, 2.75) is 45.1 Å². The molecular weight excluding hydrogens is 383 g/mol. The number of imidazole rings is 1. The van der Waals surface area contributed by atoms with E-state index in [1.165, 1.54) is 5.52 Å². The number of carbonyl (C=O) groups is 1. The molecule has 0 saturated carbocycles. The lowest BCUT2D eigenvalue weighted by molar-refractivity contribution is -0.136. The van der Waals surface area contributed by atoms with Crippen molar-refractivity contribution in [3.8, 4) is 0 Å². The van der Waals surface area contributed by atoms with E-state index >= 15 is 0 Å². The van der Waals surface area contributed by atoms with Crippen molar-refractivity contribution < 1.29 is 4.79 Å². The fourth-order valence-corrected chi connectivity index (χ4v) is 4.41. The number of likely N-dealkylation sites (tertiary alicyclic amines) is 1. The van der Waals surface area contributed by atoms with Crippen molar-refractivity contribution in [2.75, 3.05) is 26.2 Å². The Morgan fingerprint density at radius 1 is 1.22 bits per heavy atom. The number of para-hydroxylation sites is 2. The van der Waals surface area contributed by atoms with Crippen LogP contribution in [0, 0.1) is 5.92 Å². The Kier molecular flexibility index (Phi) is 7.55. The van der Waals surface area contributed by atoms with Crippen molar-refractivity contribution in [3.63, 3.8) is 0 Å². The lowest BCUT2D eigenvalue weighted by atomic mass is 9.95. The van der Waals surface area contributed by atoms with Gasteiger partial charge in [0.2, 0.25) is 5.91 Å². The molecule has 1 aromatic carbocycles. The fraction of sp³-hybridized carbons (Fsp3) is 0.600. The molecule has 2 saturated heterocycles. The molecule has 2 aliphatic heterocycles. The third-order valence-corrected chi connectivity index (χ3v) is 5.65. The Hall–Kier alpha value is -1.30. The number of nitrogens with one attached hydrogen (secondary N) is 1. The van der Waals surface area contributed by atoms with Gasteiger partial charge in [-0.2, -0.15) is 0 Å². The van der Waals surface area contributed by atoms with Crippen molar-refractivity contribution in [1.29, 1.82) is 0 Å². The quantitative estimate of drug-likeness (QED) is 0.834. The van der Waals surface area contributed by atoms with Crippen molar-refractivity contribution in [3.05, 3.63) is 30.1 Å². The molecule has 0 spiro atoms. The van der Waals surface area contributed by atoms with Gasteiger partial charge < -0.3 is 14.8 Å². The SMILES string of the molecule is CC(C)n1c(C2CCCN(C(=O)C3CCNC3)C2)nc2ccccc21.Cl.Cl. The van der Waals surface area contributed by atoms with Crippen LogP contribution in [0.25, 0.3) is 11.0 Å². The first kappa shape index (κ1) is 22.0. The third kappa shape index (κ3) is 4.25. The van der Waals surface area contributed by atoms with Gasteiger partial charge in [-0.05, 0) is 51.8 Å². The Morgan fingerprint density at radius 3 is 2.70 bits per heavy atom. The van der Waals surface area contributed by atoms with Crippen LogP contribution in [0.3, 0.4) is 0 Å². The van der Waals surface area contributed by atoms with E-state index < -0.39 is 0 Å². The molecular formula is C20H30Cl2N4O. The van der Waals surface area contributed by atoms with E-state index in [1.54, 1.807) is 0 Å². The zero-order valence-corrected chi connectivity index (χ0v) is 17.7. The summed E-state index contributed by atoms with van der Waals surface area (Å²) in [4.78, 5) is 19.9. The first-order valence-electron chi connectivity index (χ1n) is 9.61. The maximum atomic E-state index is 12.8. The first-order chi connectivity index (χ1) is 12.1. The van der Waals surface area contributed by atoms with Crippen LogP contribution in [-0.4, -0.2) is 46.5 Å². The summed E-state index contributed by atoms with van der Waals surface area (Å²) in [5.41, 5.74) is 2.27. The molecule has 27 heavy (non-hydrogen) atoms. The Labute approximate surface area is 173 Å². The van der Waals surface area contributed by atoms with Gasteiger partial charge in [0.05, 0.1) is 17.0 Å². The molecule has 1 N–H and O–H groups in total. The summed E-state index contributed by atoms with van der Waals surface area (Å²) >= 11 is 0. The molecule has 0 bridgehead atoms. The van der Waals surface area contributed by atoms with Gasteiger partial charge in [-0.1, -0.05) is 12.1 Å². The third-order valence-electron chi connectivity index (χ3n) is 5.65. The van der Waals surface area contributed by atoms with Crippen LogP contribution in [-0.2, 0) is 4.79 Å². The van der Waals surface area contributed by atoms with Gasteiger partial charge in [0.1, 0.15) is 5.82 Å². The molecule has 0 aliphatic carbocycles. The highest BCUT2D eigenvalue weighted by molar-refractivity contribution is 5.85. The highest BCUT2D eigenvalue weighted by atomic mass is 35.5. The maximum Gasteiger partial charge on any atom is 0.227 e. The number of aromatic nitrogens is 2. The molecule has 1 aromatic heterocycles. The second-order valence-electron chi connectivity index (χ2n) is 7.74. The summed E-state index contributed by atoms with van der Waals surface area (Å²) < 4.78 is 2.37. The number of fused-ring (bicyclic) bond motifs is 1. The number of rotatable bonds is 3. The van der Waals surface area contributed by atoms with E-state index in [2.05, 4.69) is 46.8 Å². The van der Waals surface area contributed by atoms with E-state index in [-0.39, 0.29) is 30.7 Å². The van der Waals surface area contributed by atoms with Gasteiger partial charge in [0.15, 0.2) is 0 Å². The van der Waals surface area contributed by atoms with Crippen LogP contribution in [0.4, 0.5) is 0 Å². The Bertz CT molecular complexity index is 770. The van der Waals surface area contributed by atoms with Crippen LogP contribution in [0.2, 0.25) is 0 Å². The minimum atomic E-state index is 0. The summed E-state index contributed by atoms with van der Waals surface area (Å²) in [7, 11) is 0. The number of hydrogen-bond acceptors (Lipinski definition) is 3. The average molecular weight is 413 g/mol. The number of halogens is 2. The molecule has 2 fully saturated rings. The standard InChI is InChI=1S/C20H28N4O.2ClH/c1-14(2)24-18-8-4-3-7-17(18)22-19(24)16-6-5-11-23(13-16)20(25)15-9-10-21-12-15;;/h3-4,7-8,14-16,21H,5-6,9-13H2,1-2H3;2*1H. The van der Waals surface area contributed by atoms with Gasteiger partial charge >= 0.3 is 0 Å². The minimum absolute atomic E-state index is 0. The predicted molar refractivity (Wildman–Crippen MR) is 114 cm³/mol. The number of amides is 1. The molecule has 2 unspecified atom stereocenters. The summed E-state index contributed by atoms with van der Waals surface area (Å²) in [5, 5.41) is 3.31. The van der Waals surface area contributed by atoms with E-state index in [1.807, 2.05) is 6.07 Å². The van der Waals surface area contributed by atoms with Gasteiger partial charge in [0, 0.05) is 31.6 Å². The number of nitrogens with zero attached hydrogens (tertiary/aromatic N) is 3. The molecule has 3 heterocycles. The van der Waals surface area contributed by atoms with Crippen LogP contribution < -0.4 is 5.32 Å². The molecule has 4 rings (SSSR count). The predicted octanol–water partition coefficient (Wildman–Crippen LogP) is 3.78. The minimum Gasteiger partial charge on any atom is -0.342 e. The monoisotopic (exact) mass is 412 g/mol. The number of hydrogen-bond donors (Lipinski definition) is 1. The molecule has 1 amide bonds. The van der Waals surface area contributed by atoms with Gasteiger partial charge in [-0.3, -0.25) is 4.79 Å². The topological polar surface area (TPSA) is 50.2 Å². The maximum absolute atomic E-state index is 12.8. The lowest BCUT2D eigenvalue weighted by Crippen LogP contribution is -2.43. The van der Waals surface area contributed by atoms with Crippen LogP contribution in [0.5, 0.6) is 0 Å². The summed E-state index contributed by atoms with van der Waals surface area (Å²) in [6, 6.07) is 8.74. The zero-order valence-electron chi connectivity index (χ0n) is 16.1.